The lowest BCUT2D eigenvalue weighted by Gasteiger charge is -2.11. The molecule has 142 valence electrons. The Balaban J connectivity index is 1.57. The maximum Gasteiger partial charge on any atom is 0.262 e. The second-order valence-corrected chi connectivity index (χ2v) is 7.06. The summed E-state index contributed by atoms with van der Waals surface area (Å²) < 4.78 is 6.53. The molecule has 5 nitrogen and oxygen atoms in total. The summed E-state index contributed by atoms with van der Waals surface area (Å²) in [7, 11) is 0. The van der Waals surface area contributed by atoms with Gasteiger partial charge in [0.25, 0.3) is 11.8 Å². The van der Waals surface area contributed by atoms with Crippen LogP contribution in [0.15, 0.2) is 77.3 Å². The zero-order chi connectivity index (χ0) is 19.9. The lowest BCUT2D eigenvalue weighted by atomic mass is 10.2. The van der Waals surface area contributed by atoms with Gasteiger partial charge in [-0.3, -0.25) is 9.59 Å². The summed E-state index contributed by atoms with van der Waals surface area (Å²) in [5, 5.41) is 5.59. The third-order valence-corrected chi connectivity index (χ3v) is 4.43. The summed E-state index contributed by atoms with van der Waals surface area (Å²) in [4.78, 5) is 24.4. The van der Waals surface area contributed by atoms with E-state index in [1.54, 1.807) is 48.5 Å². The third kappa shape index (κ3) is 5.44. The van der Waals surface area contributed by atoms with E-state index in [1.807, 2.05) is 31.2 Å². The fourth-order valence-electron chi connectivity index (χ4n) is 2.58. The second kappa shape index (κ2) is 9.19. The number of nitrogens with one attached hydrogen (secondary N) is 2. The van der Waals surface area contributed by atoms with E-state index in [1.165, 1.54) is 0 Å². The Morgan fingerprint density at radius 2 is 1.61 bits per heavy atom. The van der Waals surface area contributed by atoms with E-state index < -0.39 is 0 Å². The summed E-state index contributed by atoms with van der Waals surface area (Å²) in [6.07, 6.45) is 0. The summed E-state index contributed by atoms with van der Waals surface area (Å²) in [5.41, 5.74) is 2.67. The summed E-state index contributed by atoms with van der Waals surface area (Å²) >= 11 is 3.39. The van der Waals surface area contributed by atoms with E-state index in [9.17, 15) is 9.59 Å². The molecule has 3 aromatic carbocycles. The van der Waals surface area contributed by atoms with Crippen molar-refractivity contribution < 1.29 is 14.3 Å². The van der Waals surface area contributed by atoms with Crippen molar-refractivity contribution in [3.8, 4) is 5.75 Å². The smallest absolute Gasteiger partial charge is 0.262 e. The zero-order valence-electron chi connectivity index (χ0n) is 15.2. The van der Waals surface area contributed by atoms with Crippen LogP contribution in [0.25, 0.3) is 0 Å². The van der Waals surface area contributed by atoms with Gasteiger partial charge in [0.2, 0.25) is 0 Å². The first-order chi connectivity index (χ1) is 13.5. The first-order valence-corrected chi connectivity index (χ1v) is 9.46. The minimum absolute atomic E-state index is 0.108. The number of ether oxygens (including phenoxy) is 1. The van der Waals surface area contributed by atoms with Crippen molar-refractivity contribution in [2.24, 2.45) is 0 Å². The van der Waals surface area contributed by atoms with Crippen LogP contribution in [0.4, 0.5) is 11.4 Å². The molecule has 0 unspecified atom stereocenters. The van der Waals surface area contributed by atoms with E-state index >= 15 is 0 Å². The monoisotopic (exact) mass is 438 g/mol. The molecule has 0 bridgehead atoms. The van der Waals surface area contributed by atoms with Crippen LogP contribution in [0, 0.1) is 6.92 Å². The van der Waals surface area contributed by atoms with Crippen LogP contribution >= 0.6 is 15.9 Å². The minimum atomic E-state index is -0.283. The number of rotatable bonds is 6. The average molecular weight is 439 g/mol. The molecule has 0 heterocycles. The Morgan fingerprint density at radius 3 is 2.32 bits per heavy atom. The molecule has 3 aromatic rings. The van der Waals surface area contributed by atoms with Gasteiger partial charge in [0, 0.05) is 21.4 Å². The van der Waals surface area contributed by atoms with Gasteiger partial charge in [-0.25, -0.2) is 0 Å². The highest BCUT2D eigenvalue weighted by Gasteiger charge is 2.08. The molecule has 0 radical (unpaired) electrons. The van der Waals surface area contributed by atoms with Crippen molar-refractivity contribution in [3.05, 3.63) is 88.4 Å². The van der Waals surface area contributed by atoms with E-state index in [2.05, 4.69) is 26.6 Å². The Hall–Kier alpha value is -3.12. The number of carbonyl (C=O) groups excluding carboxylic acids is 2. The van der Waals surface area contributed by atoms with Crippen LogP contribution in [0.5, 0.6) is 5.75 Å². The standard InChI is InChI=1S/C22H19BrN2O3/c1-15-12-17(23)10-11-20(15)28-14-21(26)24-18-8-5-9-19(13-18)25-22(27)16-6-3-2-4-7-16/h2-13H,14H2,1H3,(H,24,26)(H,25,27). The molecule has 0 saturated heterocycles. The second-order valence-electron chi connectivity index (χ2n) is 6.15. The van der Waals surface area contributed by atoms with Gasteiger partial charge in [-0.05, 0) is 61.0 Å². The van der Waals surface area contributed by atoms with Crippen molar-refractivity contribution >= 4 is 39.1 Å². The van der Waals surface area contributed by atoms with E-state index in [4.69, 9.17) is 4.74 Å². The molecule has 2 amide bonds. The normalized spacial score (nSPS) is 10.2. The number of aryl methyl sites for hydroxylation is 1. The van der Waals surface area contributed by atoms with Crippen LogP contribution in [-0.2, 0) is 4.79 Å². The zero-order valence-corrected chi connectivity index (χ0v) is 16.8. The number of hydrogen-bond acceptors (Lipinski definition) is 3. The number of anilines is 2. The predicted molar refractivity (Wildman–Crippen MR) is 114 cm³/mol. The van der Waals surface area contributed by atoms with Crippen molar-refractivity contribution in [1.29, 1.82) is 0 Å². The molecule has 0 aliphatic rings. The topological polar surface area (TPSA) is 67.4 Å². The Labute approximate surface area is 171 Å². The number of amides is 2. The molecule has 2 N–H and O–H groups in total. The highest BCUT2D eigenvalue weighted by molar-refractivity contribution is 9.10. The predicted octanol–water partition coefficient (Wildman–Crippen LogP) is 5.03. The van der Waals surface area contributed by atoms with E-state index in [-0.39, 0.29) is 18.4 Å². The number of hydrogen-bond donors (Lipinski definition) is 2. The van der Waals surface area contributed by atoms with Crippen LogP contribution in [0.3, 0.4) is 0 Å². The van der Waals surface area contributed by atoms with Gasteiger partial charge in [-0.1, -0.05) is 40.2 Å². The van der Waals surface area contributed by atoms with Gasteiger partial charge >= 0.3 is 0 Å². The highest BCUT2D eigenvalue weighted by Crippen LogP contribution is 2.22. The molecule has 6 heteroatoms. The highest BCUT2D eigenvalue weighted by atomic mass is 79.9. The Bertz CT molecular complexity index is 990. The first-order valence-electron chi connectivity index (χ1n) is 8.66. The van der Waals surface area contributed by atoms with E-state index in [0.717, 1.165) is 10.0 Å². The maximum absolute atomic E-state index is 12.2. The van der Waals surface area contributed by atoms with Gasteiger partial charge in [0.15, 0.2) is 6.61 Å². The molecule has 0 aliphatic carbocycles. The quantitative estimate of drug-likeness (QED) is 0.567. The molecule has 0 aromatic heterocycles. The molecule has 0 fully saturated rings. The van der Waals surface area contributed by atoms with Crippen LogP contribution in [0.2, 0.25) is 0 Å². The maximum atomic E-state index is 12.2. The van der Waals surface area contributed by atoms with Gasteiger partial charge in [-0.15, -0.1) is 0 Å². The van der Waals surface area contributed by atoms with Crippen LogP contribution in [-0.4, -0.2) is 18.4 Å². The average Bonchev–Trinajstić information content (AvgIpc) is 2.68. The lowest BCUT2D eigenvalue weighted by Crippen LogP contribution is -2.20. The van der Waals surface area contributed by atoms with Crippen molar-refractivity contribution in [2.75, 3.05) is 17.2 Å². The molecule has 0 saturated carbocycles. The van der Waals surface area contributed by atoms with Crippen molar-refractivity contribution in [2.45, 2.75) is 6.92 Å². The van der Waals surface area contributed by atoms with Gasteiger partial charge in [0.1, 0.15) is 5.75 Å². The number of carbonyl (C=O) groups is 2. The largest absolute Gasteiger partial charge is 0.483 e. The molecular formula is C22H19BrN2O3. The molecule has 28 heavy (non-hydrogen) atoms. The SMILES string of the molecule is Cc1cc(Br)ccc1OCC(=O)Nc1cccc(NC(=O)c2ccccc2)c1. The molecular weight excluding hydrogens is 420 g/mol. The van der Waals surface area contributed by atoms with E-state index in [0.29, 0.717) is 22.7 Å². The van der Waals surface area contributed by atoms with Crippen LogP contribution < -0.4 is 15.4 Å². The lowest BCUT2D eigenvalue weighted by molar-refractivity contribution is -0.118. The first kappa shape index (κ1) is 19.6. The number of benzene rings is 3. The van der Waals surface area contributed by atoms with Gasteiger partial charge in [0.05, 0.1) is 0 Å². The summed E-state index contributed by atoms with van der Waals surface area (Å²) in [6, 6.07) is 21.5. The molecule has 0 atom stereocenters. The van der Waals surface area contributed by atoms with Crippen molar-refractivity contribution in [3.63, 3.8) is 0 Å². The summed E-state index contributed by atoms with van der Waals surface area (Å²) in [5.74, 6) is 0.161. The molecule has 0 spiro atoms. The fourth-order valence-corrected chi connectivity index (χ4v) is 3.06. The van der Waals surface area contributed by atoms with Gasteiger partial charge in [-0.2, -0.15) is 0 Å². The molecule has 3 rings (SSSR count). The fraction of sp³-hybridized carbons (Fsp3) is 0.0909. The summed E-state index contributed by atoms with van der Waals surface area (Å²) in [6.45, 7) is 1.81. The Kier molecular flexibility index (Phi) is 6.45. The Morgan fingerprint density at radius 1 is 0.893 bits per heavy atom. The van der Waals surface area contributed by atoms with Crippen molar-refractivity contribution in [1.82, 2.24) is 0 Å². The van der Waals surface area contributed by atoms with Gasteiger partial charge < -0.3 is 15.4 Å². The molecule has 0 aliphatic heterocycles. The van der Waals surface area contributed by atoms with Crippen LogP contribution in [0.1, 0.15) is 15.9 Å². The third-order valence-electron chi connectivity index (χ3n) is 3.94. The minimum Gasteiger partial charge on any atom is -0.483 e. The number of halogens is 1.